The maximum atomic E-state index is 16.7. The molecule has 2 aliphatic rings. The van der Waals surface area contributed by atoms with Crippen LogP contribution in [0.3, 0.4) is 0 Å². The summed E-state index contributed by atoms with van der Waals surface area (Å²) in [7, 11) is 0. The molecule has 418 valence electrons. The molecule has 8 bridgehead atoms. The first kappa shape index (κ1) is 56.3. The van der Waals surface area contributed by atoms with Gasteiger partial charge in [0.15, 0.2) is 93.1 Å². The van der Waals surface area contributed by atoms with Crippen molar-refractivity contribution in [3.63, 3.8) is 0 Å². The number of anilines is 4. The molecule has 0 aliphatic carbocycles. The topological polar surface area (TPSA) is 105 Å². The van der Waals surface area contributed by atoms with Gasteiger partial charge in [-0.05, 0) is 74.3 Å². The van der Waals surface area contributed by atoms with Crippen molar-refractivity contribution < 1.29 is 70.2 Å². The second-order valence-electron chi connectivity index (χ2n) is 18.2. The van der Waals surface area contributed by atoms with Gasteiger partial charge in [0.1, 0.15) is 22.7 Å². The van der Waals surface area contributed by atoms with Crippen LogP contribution in [0.5, 0.6) is 0 Å². The Labute approximate surface area is 443 Å². The van der Waals surface area contributed by atoms with Gasteiger partial charge in [-0.1, -0.05) is 27.7 Å². The minimum Gasteiger partial charge on any atom is -0.380 e. The molecule has 0 saturated carbocycles. The molecule has 4 aromatic carbocycles. The number of aromatic amines is 2. The molecule has 0 atom stereocenters. The highest BCUT2D eigenvalue weighted by Crippen LogP contribution is 2.46. The maximum Gasteiger partial charge on any atom is 0.185 e. The lowest BCUT2D eigenvalue weighted by molar-refractivity contribution is 0.462. The van der Waals surface area contributed by atoms with Crippen molar-refractivity contribution in [1.29, 1.82) is 0 Å². The SMILES string of the molecule is CCCNc1c(F)c(F)c(-c2c3nc(c(-c4c(F)c(F)c(NCCC)c(F)c4F)c4ccc([nH]4)c(-c4c(F)c(F)c(NCCC)c(F)c4F)c4nc(c(-c5c(F)c(F)c(NCCC)c(F)c5F)c5ccc2[nH]5)C=C4)C=C3)c(F)c1F. The Morgan fingerprint density at radius 2 is 0.450 bits per heavy atom. The van der Waals surface area contributed by atoms with E-state index in [1.165, 1.54) is 0 Å². The van der Waals surface area contributed by atoms with E-state index in [4.69, 9.17) is 0 Å². The minimum atomic E-state index is -2.09. The second-order valence-corrected chi connectivity index (χ2v) is 18.2. The summed E-state index contributed by atoms with van der Waals surface area (Å²) in [6.07, 6.45) is 4.26. The third kappa shape index (κ3) is 9.29. The largest absolute Gasteiger partial charge is 0.380 e. The molecule has 24 heteroatoms. The lowest BCUT2D eigenvalue weighted by atomic mass is 10.0. The monoisotopic (exact) mass is 1130 g/mol. The Bertz CT molecular complexity index is 3330. The van der Waals surface area contributed by atoms with Crippen molar-refractivity contribution in [3.8, 4) is 44.5 Å². The number of nitrogens with zero attached hydrogens (tertiary/aromatic N) is 2. The molecular formula is C56H42F16N8. The van der Waals surface area contributed by atoms with E-state index in [0.717, 1.165) is 48.6 Å². The number of aromatic nitrogens is 4. The summed E-state index contributed by atoms with van der Waals surface area (Å²) in [5.74, 6) is -32.6. The minimum absolute atomic E-state index is 0.195. The third-order valence-electron chi connectivity index (χ3n) is 13.0. The van der Waals surface area contributed by atoms with Crippen LogP contribution in [0.4, 0.5) is 93.0 Å². The van der Waals surface area contributed by atoms with E-state index >= 15 is 70.2 Å². The number of benzene rings is 4. The van der Waals surface area contributed by atoms with Gasteiger partial charge in [0.05, 0.1) is 45.0 Å². The van der Waals surface area contributed by atoms with E-state index in [9.17, 15) is 0 Å². The molecule has 5 heterocycles. The van der Waals surface area contributed by atoms with Crippen LogP contribution in [0.2, 0.25) is 0 Å². The fraction of sp³-hybridized carbons (Fsp3) is 0.214. The van der Waals surface area contributed by atoms with E-state index in [-0.39, 0.29) is 51.9 Å². The highest BCUT2D eigenvalue weighted by atomic mass is 19.2. The van der Waals surface area contributed by atoms with Crippen LogP contribution >= 0.6 is 0 Å². The first-order valence-electron chi connectivity index (χ1n) is 24.8. The lowest BCUT2D eigenvalue weighted by Gasteiger charge is -2.15. The van der Waals surface area contributed by atoms with Crippen LogP contribution in [0.25, 0.3) is 90.9 Å². The average Bonchev–Trinajstić information content (AvgIpc) is 4.31. The van der Waals surface area contributed by atoms with Gasteiger partial charge in [-0.15, -0.1) is 0 Å². The molecular weight excluding hydrogens is 1090 g/mol. The van der Waals surface area contributed by atoms with Crippen LogP contribution in [0, 0.1) is 93.1 Å². The highest BCUT2D eigenvalue weighted by molar-refractivity contribution is 6.01. The summed E-state index contributed by atoms with van der Waals surface area (Å²) in [6.45, 7) is 5.48. The van der Waals surface area contributed by atoms with E-state index in [1.54, 1.807) is 27.7 Å². The molecule has 0 saturated heterocycles. The summed E-state index contributed by atoms with van der Waals surface area (Å²) in [5.41, 5.74) is -20.9. The number of hydrogen-bond donors (Lipinski definition) is 6. The van der Waals surface area contributed by atoms with E-state index in [2.05, 4.69) is 41.2 Å². The highest BCUT2D eigenvalue weighted by Gasteiger charge is 2.35. The zero-order chi connectivity index (χ0) is 57.8. The molecule has 0 radical (unpaired) electrons. The third-order valence-corrected chi connectivity index (χ3v) is 13.0. The summed E-state index contributed by atoms with van der Waals surface area (Å²) in [6, 6.07) is 3.53. The molecule has 80 heavy (non-hydrogen) atoms. The molecule has 0 unspecified atom stereocenters. The molecule has 9 rings (SSSR count). The van der Waals surface area contributed by atoms with Gasteiger partial charge < -0.3 is 31.2 Å². The molecule has 7 aromatic rings. The van der Waals surface area contributed by atoms with E-state index in [0.29, 0.717) is 0 Å². The number of rotatable bonds is 16. The van der Waals surface area contributed by atoms with Gasteiger partial charge in [-0.2, -0.15) is 0 Å². The van der Waals surface area contributed by atoms with Crippen LogP contribution < -0.4 is 21.3 Å². The van der Waals surface area contributed by atoms with Crippen LogP contribution in [0.1, 0.15) is 76.2 Å². The fourth-order valence-electron chi connectivity index (χ4n) is 9.28. The standard InChI is InChI=1S/C56H42F16N8/c1-5-17-73-53-45(65)37(57)33(38(58)46(53)66)29-21-9-11-23(77-21)30(34-39(59)47(67)54(74-18-6-2)48(68)40(34)60)25-13-15-27(79-25)32(36-43(63)51(71)56(76-20-8-4)52(72)44(36)64)28-16-14-26(80-28)31(24-12-10-22(29)78-24)35-41(61)49(69)55(75-19-7-3)50(70)42(35)62/h9-16,73-77,80H,5-8,17-20H2,1-4H3. The Kier molecular flexibility index (Phi) is 15.7. The smallest absolute Gasteiger partial charge is 0.185 e. The zero-order valence-electron chi connectivity index (χ0n) is 42.2. The predicted octanol–water partition coefficient (Wildman–Crippen LogP) is 16.8. The Morgan fingerprint density at radius 1 is 0.275 bits per heavy atom. The molecule has 0 spiro atoms. The van der Waals surface area contributed by atoms with E-state index < -0.39 is 205 Å². The van der Waals surface area contributed by atoms with Gasteiger partial charge >= 0.3 is 0 Å². The number of fused-ring (bicyclic) bond motifs is 8. The predicted molar refractivity (Wildman–Crippen MR) is 275 cm³/mol. The summed E-state index contributed by atoms with van der Waals surface area (Å²) < 4.78 is 262. The summed E-state index contributed by atoms with van der Waals surface area (Å²) >= 11 is 0. The molecule has 3 aromatic heterocycles. The fourth-order valence-corrected chi connectivity index (χ4v) is 9.28. The Morgan fingerprint density at radius 3 is 0.613 bits per heavy atom. The van der Waals surface area contributed by atoms with Gasteiger partial charge in [0, 0.05) is 70.5 Å². The Balaban J connectivity index is 1.55. The lowest BCUT2D eigenvalue weighted by Crippen LogP contribution is -2.10. The van der Waals surface area contributed by atoms with Crippen molar-refractivity contribution in [2.45, 2.75) is 53.4 Å². The van der Waals surface area contributed by atoms with Crippen molar-refractivity contribution in [2.24, 2.45) is 0 Å². The second kappa shape index (κ2) is 22.4. The van der Waals surface area contributed by atoms with Crippen molar-refractivity contribution >= 4 is 69.1 Å². The summed E-state index contributed by atoms with van der Waals surface area (Å²) in [5, 5.41) is 8.96. The first-order valence-corrected chi connectivity index (χ1v) is 24.8. The number of hydrogen-bond acceptors (Lipinski definition) is 6. The van der Waals surface area contributed by atoms with Gasteiger partial charge in [0.2, 0.25) is 0 Å². The van der Waals surface area contributed by atoms with Gasteiger partial charge in [-0.25, -0.2) is 80.2 Å². The maximum absolute atomic E-state index is 16.7. The first-order chi connectivity index (χ1) is 38.2. The summed E-state index contributed by atoms with van der Waals surface area (Å²) in [4.78, 5) is 13.7. The zero-order valence-corrected chi connectivity index (χ0v) is 42.2. The quantitative estimate of drug-likeness (QED) is 0.0425. The molecule has 0 amide bonds. The van der Waals surface area contributed by atoms with Crippen molar-refractivity contribution in [1.82, 2.24) is 19.9 Å². The average molecular weight is 1130 g/mol. The molecule has 0 fully saturated rings. The van der Waals surface area contributed by atoms with Crippen LogP contribution in [-0.4, -0.2) is 46.1 Å². The van der Waals surface area contributed by atoms with Gasteiger partial charge in [-0.3, -0.25) is 0 Å². The molecule has 2 aliphatic heterocycles. The van der Waals surface area contributed by atoms with Gasteiger partial charge in [0.25, 0.3) is 0 Å². The van der Waals surface area contributed by atoms with Crippen LogP contribution in [0.15, 0.2) is 24.3 Å². The number of nitrogens with one attached hydrogen (secondary N) is 6. The molecule has 6 N–H and O–H groups in total. The molecule has 8 nitrogen and oxygen atoms in total. The number of halogens is 16. The van der Waals surface area contributed by atoms with Crippen molar-refractivity contribution in [3.05, 3.63) is 140 Å². The Hall–Kier alpha value is -8.44. The number of H-pyrrole nitrogens is 2. The van der Waals surface area contributed by atoms with Crippen LogP contribution in [-0.2, 0) is 0 Å². The normalized spacial score (nSPS) is 12.1. The van der Waals surface area contributed by atoms with E-state index in [1.807, 2.05) is 0 Å². The van der Waals surface area contributed by atoms with Crippen molar-refractivity contribution in [2.75, 3.05) is 47.4 Å².